The van der Waals surface area contributed by atoms with Gasteiger partial charge in [0.05, 0.1) is 0 Å². The number of hydrazine groups is 3. The Labute approximate surface area is 84.7 Å². The van der Waals surface area contributed by atoms with Crippen molar-refractivity contribution in [3.05, 3.63) is 40.4 Å². The number of rotatable bonds is 3. The highest BCUT2D eigenvalue weighted by molar-refractivity contribution is 5.74. The molecule has 0 aliphatic rings. The molecule has 80 valence electrons. The molecule has 8 nitrogen and oxygen atoms in total. The van der Waals surface area contributed by atoms with Gasteiger partial charge >= 0.3 is 6.03 Å². The minimum Gasteiger partial charge on any atom is -0.274 e. The predicted octanol–water partition coefficient (Wildman–Crippen LogP) is -0.227. The summed E-state index contributed by atoms with van der Waals surface area (Å²) in [6.45, 7) is 0. The van der Waals surface area contributed by atoms with Gasteiger partial charge < -0.3 is 0 Å². The largest absolute Gasteiger partial charge is 0.352 e. The fourth-order valence-electron chi connectivity index (χ4n) is 0.897. The molecule has 15 heavy (non-hydrogen) atoms. The Balaban J connectivity index is 2.84. The average Bonchev–Trinajstić information content (AvgIpc) is 2.26. The number of nitrogens with one attached hydrogen (secondary N) is 2. The maximum Gasteiger partial charge on any atom is 0.352 e. The number of amides is 2. The van der Waals surface area contributed by atoms with E-state index in [-0.39, 0.29) is 5.69 Å². The van der Waals surface area contributed by atoms with Crippen LogP contribution in [-0.4, -0.2) is 11.1 Å². The number of carbonyl (C=O) groups excluding carboxylic acids is 1. The lowest BCUT2D eigenvalue weighted by Crippen LogP contribution is -2.52. The normalized spacial score (nSPS) is 9.13. The fraction of sp³-hybridized carbons (Fsp3) is 0. The lowest BCUT2D eigenvalue weighted by atomic mass is 10.3. The second-order valence-corrected chi connectivity index (χ2v) is 2.47. The number of carbonyl (C=O) groups is 1. The zero-order valence-electron chi connectivity index (χ0n) is 7.58. The van der Waals surface area contributed by atoms with Crippen molar-refractivity contribution in [2.24, 2.45) is 5.84 Å². The summed E-state index contributed by atoms with van der Waals surface area (Å²) in [6.07, 6.45) is 0. The molecule has 0 spiro atoms. The predicted molar refractivity (Wildman–Crippen MR) is 51.8 cm³/mol. The molecular weight excluding hydrogens is 202 g/mol. The molecule has 0 aliphatic carbocycles. The van der Waals surface area contributed by atoms with Gasteiger partial charge in [-0.2, -0.15) is 5.43 Å². The quantitative estimate of drug-likeness (QED) is 0.276. The van der Waals surface area contributed by atoms with Crippen molar-refractivity contribution < 1.29 is 9.83 Å². The average molecular weight is 211 g/mol. The fourth-order valence-corrected chi connectivity index (χ4v) is 0.897. The van der Waals surface area contributed by atoms with E-state index in [2.05, 4.69) is 0 Å². The first-order chi connectivity index (χ1) is 7.15. The molecule has 1 aromatic rings. The summed E-state index contributed by atoms with van der Waals surface area (Å²) in [7, 11) is 0. The SMILES string of the molecule is NNC(=O)NN(c1ccccc1)[N+](=O)[O-]. The van der Waals surface area contributed by atoms with Crippen molar-refractivity contribution in [2.45, 2.75) is 0 Å². The number of nitro groups is 1. The molecule has 4 N–H and O–H groups in total. The van der Waals surface area contributed by atoms with Crippen LogP contribution < -0.4 is 21.8 Å². The number of benzene rings is 1. The highest BCUT2D eigenvalue weighted by atomic mass is 16.7. The van der Waals surface area contributed by atoms with Crippen LogP contribution >= 0.6 is 0 Å². The number of nitrogens with two attached hydrogens (primary N) is 1. The van der Waals surface area contributed by atoms with Crippen molar-refractivity contribution in [2.75, 3.05) is 5.12 Å². The lowest BCUT2D eigenvalue weighted by Gasteiger charge is -2.13. The molecule has 0 atom stereocenters. The molecule has 2 amide bonds. The summed E-state index contributed by atoms with van der Waals surface area (Å²) in [5.74, 6) is 4.79. The van der Waals surface area contributed by atoms with E-state index in [9.17, 15) is 14.9 Å². The summed E-state index contributed by atoms with van der Waals surface area (Å²) in [5.41, 5.74) is 3.88. The van der Waals surface area contributed by atoms with Crippen molar-refractivity contribution in [1.82, 2.24) is 10.9 Å². The first-order valence-electron chi connectivity index (χ1n) is 3.92. The van der Waals surface area contributed by atoms with Gasteiger partial charge in [0, 0.05) is 5.12 Å². The topological polar surface area (TPSA) is 114 Å². The van der Waals surface area contributed by atoms with E-state index < -0.39 is 11.1 Å². The van der Waals surface area contributed by atoms with Crippen molar-refractivity contribution in [3.63, 3.8) is 0 Å². The van der Waals surface area contributed by atoms with E-state index in [1.807, 2.05) is 5.43 Å². The smallest absolute Gasteiger partial charge is 0.274 e. The molecule has 0 aromatic heterocycles. The summed E-state index contributed by atoms with van der Waals surface area (Å²) in [5, 5.41) is 10.3. The molecule has 1 aromatic carbocycles. The second-order valence-electron chi connectivity index (χ2n) is 2.47. The Kier molecular flexibility index (Phi) is 3.41. The second kappa shape index (κ2) is 4.77. The third kappa shape index (κ3) is 2.81. The van der Waals surface area contributed by atoms with Crippen LogP contribution in [0.4, 0.5) is 10.5 Å². The lowest BCUT2D eigenvalue weighted by molar-refractivity contribution is -0.501. The summed E-state index contributed by atoms with van der Waals surface area (Å²) in [6, 6.07) is 6.97. The van der Waals surface area contributed by atoms with E-state index in [0.717, 1.165) is 0 Å². The van der Waals surface area contributed by atoms with Crippen molar-refractivity contribution in [3.8, 4) is 0 Å². The van der Waals surface area contributed by atoms with Crippen LogP contribution in [0.2, 0.25) is 0 Å². The zero-order chi connectivity index (χ0) is 11.3. The van der Waals surface area contributed by atoms with E-state index in [1.165, 1.54) is 12.1 Å². The Morgan fingerprint density at radius 2 is 2.00 bits per heavy atom. The van der Waals surface area contributed by atoms with Gasteiger partial charge in [0.25, 0.3) is 0 Å². The van der Waals surface area contributed by atoms with Crippen LogP contribution in [0.15, 0.2) is 30.3 Å². The number of para-hydroxylation sites is 1. The molecule has 0 radical (unpaired) electrons. The first-order valence-corrected chi connectivity index (χ1v) is 3.92. The minimum atomic E-state index is -0.879. The van der Waals surface area contributed by atoms with Crippen LogP contribution in [0.3, 0.4) is 0 Å². The van der Waals surface area contributed by atoms with Crippen LogP contribution in [0.5, 0.6) is 0 Å². The van der Waals surface area contributed by atoms with Gasteiger partial charge in [0.2, 0.25) is 0 Å². The van der Waals surface area contributed by atoms with Gasteiger partial charge in [-0.15, -0.1) is 0 Å². The standard InChI is InChI=1S/C7H9N5O3/c8-9-7(13)10-11(12(14)15)6-4-2-1-3-5-6/h1-5H,8H2,(H2,9,10,13). The van der Waals surface area contributed by atoms with Gasteiger partial charge in [0.15, 0.2) is 5.03 Å². The van der Waals surface area contributed by atoms with Crippen LogP contribution in [0, 0.1) is 10.1 Å². The third-order valence-electron chi connectivity index (χ3n) is 1.50. The highest BCUT2D eigenvalue weighted by Gasteiger charge is 2.18. The zero-order valence-corrected chi connectivity index (χ0v) is 7.58. The monoisotopic (exact) mass is 211 g/mol. The molecule has 0 fully saturated rings. The summed E-state index contributed by atoms with van der Waals surface area (Å²) >= 11 is 0. The molecule has 0 unspecified atom stereocenters. The van der Waals surface area contributed by atoms with Gasteiger partial charge in [-0.1, -0.05) is 18.2 Å². The van der Waals surface area contributed by atoms with E-state index in [4.69, 9.17) is 5.84 Å². The maximum atomic E-state index is 10.8. The summed E-state index contributed by atoms with van der Waals surface area (Å²) < 4.78 is 0. The molecule has 0 saturated heterocycles. The van der Waals surface area contributed by atoms with E-state index >= 15 is 0 Å². The van der Waals surface area contributed by atoms with E-state index in [1.54, 1.807) is 23.6 Å². The number of urea groups is 1. The molecule has 1 rings (SSSR count). The Morgan fingerprint density at radius 1 is 1.40 bits per heavy atom. The van der Waals surface area contributed by atoms with Gasteiger partial charge in [-0.3, -0.25) is 5.43 Å². The maximum absolute atomic E-state index is 10.8. The number of nitrogens with zero attached hydrogens (tertiary/aromatic N) is 2. The van der Waals surface area contributed by atoms with Crippen molar-refractivity contribution >= 4 is 11.7 Å². The molecule has 0 heterocycles. The Hall–Kier alpha value is -2.35. The number of hydrogen-bond acceptors (Lipinski definition) is 4. The number of hydrogen-bond donors (Lipinski definition) is 3. The van der Waals surface area contributed by atoms with Gasteiger partial charge in [-0.25, -0.2) is 20.8 Å². The third-order valence-corrected chi connectivity index (χ3v) is 1.50. The molecule has 0 bridgehead atoms. The minimum absolute atomic E-state index is 0.214. The van der Waals surface area contributed by atoms with Crippen LogP contribution in [-0.2, 0) is 0 Å². The van der Waals surface area contributed by atoms with Crippen LogP contribution in [0.1, 0.15) is 0 Å². The van der Waals surface area contributed by atoms with Crippen LogP contribution in [0.25, 0.3) is 0 Å². The Morgan fingerprint density at radius 3 is 2.47 bits per heavy atom. The van der Waals surface area contributed by atoms with Gasteiger partial charge in [0.1, 0.15) is 5.69 Å². The number of anilines is 1. The van der Waals surface area contributed by atoms with E-state index in [0.29, 0.717) is 5.12 Å². The molecule has 8 heteroatoms. The Bertz CT molecular complexity index is 355. The molecule has 0 saturated carbocycles. The van der Waals surface area contributed by atoms with Crippen molar-refractivity contribution in [1.29, 1.82) is 0 Å². The molecular formula is C7H9N5O3. The first kappa shape index (κ1) is 10.7. The highest BCUT2D eigenvalue weighted by Crippen LogP contribution is 2.10. The summed E-state index contributed by atoms with van der Waals surface area (Å²) in [4.78, 5) is 21.4. The van der Waals surface area contributed by atoms with Gasteiger partial charge in [-0.05, 0) is 12.1 Å². The molecule has 0 aliphatic heterocycles.